The fraction of sp³-hybridized carbons (Fsp3) is 0.625. The molecule has 0 saturated heterocycles. The highest BCUT2D eigenvalue weighted by Crippen LogP contribution is 2.21. The topological polar surface area (TPSA) is 44.0 Å². The summed E-state index contributed by atoms with van der Waals surface area (Å²) in [6.07, 6.45) is 1.18. The highest BCUT2D eigenvalue weighted by Gasteiger charge is 2.15. The quantitative estimate of drug-likeness (QED) is 0.610. The number of hydrogen-bond acceptors (Lipinski definition) is 2. The third-order valence-corrected chi connectivity index (χ3v) is 1.34. The first kappa shape index (κ1) is 9.03. The molecule has 0 aliphatic heterocycles. The van der Waals surface area contributed by atoms with Crippen LogP contribution >= 0.6 is 0 Å². The Bertz CT molecular complexity index is 165. The van der Waals surface area contributed by atoms with Gasteiger partial charge >= 0.3 is 0 Å². The van der Waals surface area contributed by atoms with Gasteiger partial charge in [0.2, 0.25) is 0 Å². The summed E-state index contributed by atoms with van der Waals surface area (Å²) in [6, 6.07) is 2.14. The molecular formula is C8H13NO. The number of nitriles is 1. The molecule has 56 valence electrons. The molecule has 0 radical (unpaired) electrons. The summed E-state index contributed by atoms with van der Waals surface area (Å²) >= 11 is 0. The van der Waals surface area contributed by atoms with Gasteiger partial charge in [0.1, 0.15) is 0 Å². The Morgan fingerprint density at radius 3 is 2.50 bits per heavy atom. The summed E-state index contributed by atoms with van der Waals surface area (Å²) in [6.45, 7) is 7.03. The minimum absolute atomic E-state index is 0.156. The van der Waals surface area contributed by atoms with Crippen LogP contribution in [0.4, 0.5) is 0 Å². The van der Waals surface area contributed by atoms with Crippen LogP contribution in [0.15, 0.2) is 12.3 Å². The van der Waals surface area contributed by atoms with Crippen LogP contribution in [-0.2, 0) is 0 Å². The second-order valence-corrected chi connectivity index (χ2v) is 3.06. The van der Waals surface area contributed by atoms with Gasteiger partial charge in [-0.15, -0.1) is 0 Å². The molecule has 0 atom stereocenters. The van der Waals surface area contributed by atoms with E-state index in [-0.39, 0.29) is 11.2 Å². The predicted molar refractivity (Wildman–Crippen MR) is 40.4 cm³/mol. The lowest BCUT2D eigenvalue weighted by atomic mass is 9.89. The smallest absolute Gasteiger partial charge is 0.0851 e. The minimum Gasteiger partial charge on any atom is -0.513 e. The van der Waals surface area contributed by atoms with E-state index in [1.165, 1.54) is 0 Å². The highest BCUT2D eigenvalue weighted by atomic mass is 16.3. The molecule has 0 fully saturated rings. The average Bonchev–Trinajstić information content (AvgIpc) is 1.85. The van der Waals surface area contributed by atoms with Crippen molar-refractivity contribution < 1.29 is 5.11 Å². The van der Waals surface area contributed by atoms with Gasteiger partial charge < -0.3 is 5.11 Å². The van der Waals surface area contributed by atoms with Gasteiger partial charge in [-0.1, -0.05) is 6.58 Å². The van der Waals surface area contributed by atoms with Gasteiger partial charge in [-0.05, 0) is 20.3 Å². The molecule has 0 aromatic rings. The summed E-state index contributed by atoms with van der Waals surface area (Å²) in [7, 11) is 0. The Kier molecular flexibility index (Phi) is 2.95. The van der Waals surface area contributed by atoms with E-state index in [2.05, 4.69) is 12.6 Å². The van der Waals surface area contributed by atoms with Crippen molar-refractivity contribution in [1.82, 2.24) is 0 Å². The van der Waals surface area contributed by atoms with Crippen molar-refractivity contribution in [3.05, 3.63) is 12.3 Å². The predicted octanol–water partition coefficient (Wildman–Crippen LogP) is 2.39. The van der Waals surface area contributed by atoms with Crippen LogP contribution < -0.4 is 0 Å². The van der Waals surface area contributed by atoms with Crippen LogP contribution in [0.2, 0.25) is 0 Å². The van der Waals surface area contributed by atoms with E-state index in [9.17, 15) is 0 Å². The van der Waals surface area contributed by atoms with Gasteiger partial charge in [0.15, 0.2) is 0 Å². The Balaban J connectivity index is 3.71. The van der Waals surface area contributed by atoms with E-state index in [0.29, 0.717) is 12.8 Å². The monoisotopic (exact) mass is 139 g/mol. The summed E-state index contributed by atoms with van der Waals surface area (Å²) in [5, 5.41) is 17.3. The molecule has 0 bridgehead atoms. The molecule has 0 aliphatic rings. The lowest BCUT2D eigenvalue weighted by molar-refractivity contribution is 0.352. The van der Waals surface area contributed by atoms with E-state index < -0.39 is 0 Å². The summed E-state index contributed by atoms with van der Waals surface area (Å²) in [5.74, 6) is 0.156. The number of nitrogens with zero attached hydrogens (tertiary/aromatic N) is 1. The maximum Gasteiger partial charge on any atom is 0.0851 e. The van der Waals surface area contributed by atoms with Crippen molar-refractivity contribution in [2.24, 2.45) is 5.41 Å². The van der Waals surface area contributed by atoms with Gasteiger partial charge in [-0.25, -0.2) is 0 Å². The third kappa shape index (κ3) is 3.96. The molecule has 2 nitrogen and oxygen atoms in total. The van der Waals surface area contributed by atoms with Gasteiger partial charge in [-0.2, -0.15) is 5.26 Å². The van der Waals surface area contributed by atoms with Crippen LogP contribution in [0.25, 0.3) is 0 Å². The van der Waals surface area contributed by atoms with Gasteiger partial charge in [-0.3, -0.25) is 0 Å². The fourth-order valence-corrected chi connectivity index (χ4v) is 0.513. The number of aliphatic hydroxyl groups is 1. The fourth-order valence-electron chi connectivity index (χ4n) is 0.513. The molecule has 0 heterocycles. The molecular weight excluding hydrogens is 126 g/mol. The van der Waals surface area contributed by atoms with Crippen LogP contribution in [0, 0.1) is 16.7 Å². The maximum atomic E-state index is 8.71. The average molecular weight is 139 g/mol. The molecule has 0 aromatic carbocycles. The highest BCUT2D eigenvalue weighted by molar-refractivity contribution is 4.94. The molecule has 0 aliphatic carbocycles. The van der Waals surface area contributed by atoms with Crippen molar-refractivity contribution in [2.75, 3.05) is 0 Å². The number of rotatable bonds is 3. The van der Waals surface area contributed by atoms with Crippen molar-refractivity contribution in [1.29, 1.82) is 5.26 Å². The standard InChI is InChI=1S/C8H13NO/c1-7(10)4-5-8(2,3)6-9/h10H,1,4-5H2,2-3H3. The van der Waals surface area contributed by atoms with Crippen molar-refractivity contribution in [3.8, 4) is 6.07 Å². The largest absolute Gasteiger partial charge is 0.513 e. The molecule has 0 aromatic heterocycles. The second-order valence-electron chi connectivity index (χ2n) is 3.06. The maximum absolute atomic E-state index is 8.71. The Morgan fingerprint density at radius 1 is 1.70 bits per heavy atom. The van der Waals surface area contributed by atoms with E-state index in [4.69, 9.17) is 10.4 Å². The lowest BCUT2D eigenvalue weighted by Crippen LogP contribution is -2.07. The van der Waals surface area contributed by atoms with Crippen LogP contribution in [0.5, 0.6) is 0 Å². The van der Waals surface area contributed by atoms with E-state index in [1.807, 2.05) is 13.8 Å². The molecule has 0 rings (SSSR count). The zero-order chi connectivity index (χ0) is 8.20. The van der Waals surface area contributed by atoms with Crippen LogP contribution in [0.3, 0.4) is 0 Å². The number of allylic oxidation sites excluding steroid dienone is 1. The first-order valence-electron chi connectivity index (χ1n) is 3.26. The molecule has 1 N–H and O–H groups in total. The van der Waals surface area contributed by atoms with Crippen molar-refractivity contribution >= 4 is 0 Å². The molecule has 0 amide bonds. The molecule has 0 saturated carbocycles. The first-order chi connectivity index (χ1) is 4.48. The third-order valence-electron chi connectivity index (χ3n) is 1.34. The Morgan fingerprint density at radius 2 is 2.20 bits per heavy atom. The Labute approximate surface area is 61.8 Å². The zero-order valence-corrected chi connectivity index (χ0v) is 6.52. The van der Waals surface area contributed by atoms with E-state index in [0.717, 1.165) is 0 Å². The van der Waals surface area contributed by atoms with Crippen LogP contribution in [-0.4, -0.2) is 5.11 Å². The summed E-state index contributed by atoms with van der Waals surface area (Å²) in [5.41, 5.74) is -0.342. The minimum atomic E-state index is -0.342. The van der Waals surface area contributed by atoms with Gasteiger partial charge in [0.05, 0.1) is 17.2 Å². The number of aliphatic hydroxyl groups excluding tert-OH is 1. The SMILES string of the molecule is C=C(O)CCC(C)(C)C#N. The molecule has 10 heavy (non-hydrogen) atoms. The normalized spacial score (nSPS) is 10.5. The van der Waals surface area contributed by atoms with E-state index >= 15 is 0 Å². The first-order valence-corrected chi connectivity index (χ1v) is 3.26. The van der Waals surface area contributed by atoms with Crippen LogP contribution in [0.1, 0.15) is 26.7 Å². The molecule has 0 unspecified atom stereocenters. The zero-order valence-electron chi connectivity index (χ0n) is 6.52. The number of hydrogen-bond donors (Lipinski definition) is 1. The summed E-state index contributed by atoms with van der Waals surface area (Å²) < 4.78 is 0. The van der Waals surface area contributed by atoms with E-state index in [1.54, 1.807) is 0 Å². The molecule has 0 spiro atoms. The Hall–Kier alpha value is -0.970. The van der Waals surface area contributed by atoms with Gasteiger partial charge in [0, 0.05) is 6.42 Å². The lowest BCUT2D eigenvalue weighted by Gasteiger charge is -2.13. The van der Waals surface area contributed by atoms with Crippen molar-refractivity contribution in [3.63, 3.8) is 0 Å². The van der Waals surface area contributed by atoms with Crippen molar-refractivity contribution in [2.45, 2.75) is 26.7 Å². The molecule has 2 heteroatoms. The second kappa shape index (κ2) is 3.26. The summed E-state index contributed by atoms with van der Waals surface area (Å²) in [4.78, 5) is 0. The van der Waals surface area contributed by atoms with Gasteiger partial charge in [0.25, 0.3) is 0 Å².